The van der Waals surface area contributed by atoms with E-state index in [-0.39, 0.29) is 6.61 Å². The van der Waals surface area contributed by atoms with Crippen molar-refractivity contribution < 1.29 is 24.2 Å². The number of aliphatic hydroxyl groups is 1. The number of anilines is 1. The maximum atomic E-state index is 11.9. The molecule has 0 aliphatic carbocycles. The molecule has 22 heavy (non-hydrogen) atoms. The third kappa shape index (κ3) is 5.41. The number of aliphatic hydroxyl groups excluding tert-OH is 1. The molecule has 1 rings (SSSR count). The van der Waals surface area contributed by atoms with Gasteiger partial charge in [-0.2, -0.15) is 0 Å². The molecule has 0 saturated carbocycles. The molecule has 0 heterocycles. The van der Waals surface area contributed by atoms with Crippen LogP contribution in [0.25, 0.3) is 0 Å². The van der Waals surface area contributed by atoms with Crippen LogP contribution in [0.15, 0.2) is 24.3 Å². The van der Waals surface area contributed by atoms with Crippen molar-refractivity contribution >= 4 is 23.6 Å². The molecule has 0 fully saturated rings. The van der Waals surface area contributed by atoms with E-state index >= 15 is 0 Å². The molecule has 0 spiro atoms. The van der Waals surface area contributed by atoms with Gasteiger partial charge < -0.3 is 26.2 Å². The Hall–Kier alpha value is -2.61. The van der Waals surface area contributed by atoms with Crippen molar-refractivity contribution in [3.05, 3.63) is 29.8 Å². The smallest absolute Gasteiger partial charge is 0.405 e. The maximum absolute atomic E-state index is 11.9. The number of primary amides is 1. The summed E-state index contributed by atoms with van der Waals surface area (Å²) in [7, 11) is 0. The highest BCUT2D eigenvalue weighted by molar-refractivity contribution is 5.97. The highest BCUT2D eigenvalue weighted by Crippen LogP contribution is 2.09. The van der Waals surface area contributed by atoms with Crippen molar-refractivity contribution in [2.24, 2.45) is 5.73 Å². The zero-order valence-electron chi connectivity index (χ0n) is 12.3. The van der Waals surface area contributed by atoms with Gasteiger partial charge in [0.15, 0.2) is 6.10 Å². The second-order valence-electron chi connectivity index (χ2n) is 4.65. The van der Waals surface area contributed by atoms with Crippen LogP contribution in [0.5, 0.6) is 0 Å². The van der Waals surface area contributed by atoms with Gasteiger partial charge in [-0.3, -0.25) is 9.59 Å². The number of benzene rings is 1. The first-order valence-electron chi connectivity index (χ1n) is 6.60. The zero-order chi connectivity index (χ0) is 16.7. The van der Waals surface area contributed by atoms with Crippen LogP contribution in [0, 0.1) is 0 Å². The number of nitrogens with two attached hydrogens (primary N) is 1. The van der Waals surface area contributed by atoms with Crippen LogP contribution in [0.4, 0.5) is 10.5 Å². The molecule has 0 radical (unpaired) electrons. The molecule has 0 unspecified atom stereocenters. The van der Waals surface area contributed by atoms with E-state index < -0.39 is 30.1 Å². The third-order valence-electron chi connectivity index (χ3n) is 2.82. The number of ether oxygens (including phenoxy) is 1. The van der Waals surface area contributed by atoms with E-state index in [1.165, 1.54) is 13.8 Å². The van der Waals surface area contributed by atoms with Crippen LogP contribution < -0.4 is 16.4 Å². The van der Waals surface area contributed by atoms with Crippen molar-refractivity contribution in [1.29, 1.82) is 0 Å². The fraction of sp³-hybridized carbons (Fsp3) is 0.357. The lowest BCUT2D eigenvalue weighted by atomic mass is 10.2. The first kappa shape index (κ1) is 17.4. The van der Waals surface area contributed by atoms with Gasteiger partial charge in [-0.1, -0.05) is 12.1 Å². The lowest BCUT2D eigenvalue weighted by Crippen LogP contribution is -2.46. The summed E-state index contributed by atoms with van der Waals surface area (Å²) in [5.41, 5.74) is 6.06. The number of hydrogen-bond donors (Lipinski definition) is 4. The van der Waals surface area contributed by atoms with Crippen molar-refractivity contribution in [3.8, 4) is 0 Å². The fourth-order valence-corrected chi connectivity index (χ4v) is 1.57. The molecule has 3 amide bonds. The minimum Gasteiger partial charge on any atom is -0.437 e. The van der Waals surface area contributed by atoms with Gasteiger partial charge in [0.2, 0.25) is 5.91 Å². The van der Waals surface area contributed by atoms with Crippen LogP contribution in [-0.4, -0.2) is 35.2 Å². The molecule has 1 aromatic carbocycles. The Bertz CT molecular complexity index is 544. The summed E-state index contributed by atoms with van der Waals surface area (Å²) in [6.45, 7) is 2.75. The van der Waals surface area contributed by atoms with Crippen molar-refractivity contribution in [2.75, 3.05) is 5.32 Å². The monoisotopic (exact) mass is 309 g/mol. The van der Waals surface area contributed by atoms with Gasteiger partial charge in [0.25, 0.3) is 5.91 Å². The van der Waals surface area contributed by atoms with Crippen LogP contribution in [0.2, 0.25) is 0 Å². The predicted octanol–water partition coefficient (Wildman–Crippen LogP) is 0.106. The minimum atomic E-state index is -1.09. The Morgan fingerprint density at radius 1 is 1.18 bits per heavy atom. The fourth-order valence-electron chi connectivity index (χ4n) is 1.57. The Labute approximate surface area is 127 Å². The summed E-state index contributed by atoms with van der Waals surface area (Å²) >= 11 is 0. The number of hydrogen-bond acceptors (Lipinski definition) is 5. The van der Waals surface area contributed by atoms with Crippen molar-refractivity contribution in [1.82, 2.24) is 5.32 Å². The number of nitrogens with one attached hydrogen (secondary N) is 2. The molecule has 1 aromatic rings. The quantitative estimate of drug-likeness (QED) is 0.592. The summed E-state index contributed by atoms with van der Waals surface area (Å²) in [6, 6.07) is 5.78. The van der Waals surface area contributed by atoms with Gasteiger partial charge >= 0.3 is 6.09 Å². The third-order valence-corrected chi connectivity index (χ3v) is 2.82. The molecule has 8 nitrogen and oxygen atoms in total. The zero-order valence-corrected chi connectivity index (χ0v) is 12.3. The standard InChI is InChI=1S/C14H19N3O5/c1-8(16-13(20)9(2)22-14(15)21)12(19)17-11-5-3-10(7-18)4-6-11/h3-6,8-9,18H,7H2,1-2H3,(H2,15,21)(H,16,20)(H,17,19)/t8-,9-/m0/s1. The van der Waals surface area contributed by atoms with E-state index in [1.54, 1.807) is 24.3 Å². The number of carbonyl (C=O) groups excluding carboxylic acids is 3. The summed E-state index contributed by atoms with van der Waals surface area (Å²) in [5, 5.41) is 13.9. The maximum Gasteiger partial charge on any atom is 0.405 e. The van der Waals surface area contributed by atoms with E-state index in [2.05, 4.69) is 15.4 Å². The lowest BCUT2D eigenvalue weighted by molar-refractivity contribution is -0.131. The van der Waals surface area contributed by atoms with Crippen LogP contribution in [0.1, 0.15) is 19.4 Å². The summed E-state index contributed by atoms with van der Waals surface area (Å²) in [4.78, 5) is 34.2. The largest absolute Gasteiger partial charge is 0.437 e. The van der Waals surface area contributed by atoms with E-state index in [9.17, 15) is 14.4 Å². The van der Waals surface area contributed by atoms with E-state index in [1.807, 2.05) is 0 Å². The Morgan fingerprint density at radius 3 is 2.27 bits per heavy atom. The SMILES string of the molecule is C[C@H](NC(=O)[C@H](C)OC(N)=O)C(=O)Nc1ccc(CO)cc1. The number of rotatable bonds is 6. The van der Waals surface area contributed by atoms with Gasteiger partial charge in [-0.15, -0.1) is 0 Å². The minimum absolute atomic E-state index is 0.0849. The molecule has 5 N–H and O–H groups in total. The molecule has 2 atom stereocenters. The Morgan fingerprint density at radius 2 is 1.77 bits per heavy atom. The number of carbonyl (C=O) groups is 3. The topological polar surface area (TPSA) is 131 Å². The average molecular weight is 309 g/mol. The summed E-state index contributed by atoms with van der Waals surface area (Å²) < 4.78 is 4.51. The molecule has 0 saturated heterocycles. The molecule has 0 aliphatic rings. The molecular formula is C14H19N3O5. The molecular weight excluding hydrogens is 290 g/mol. The second-order valence-corrected chi connectivity index (χ2v) is 4.65. The van der Waals surface area contributed by atoms with E-state index in [0.29, 0.717) is 5.69 Å². The second kappa shape index (κ2) is 7.99. The number of amides is 3. The highest BCUT2D eigenvalue weighted by atomic mass is 16.6. The predicted molar refractivity (Wildman–Crippen MR) is 78.7 cm³/mol. The average Bonchev–Trinajstić information content (AvgIpc) is 2.47. The molecule has 8 heteroatoms. The van der Waals surface area contributed by atoms with E-state index in [0.717, 1.165) is 5.56 Å². The van der Waals surface area contributed by atoms with Crippen molar-refractivity contribution in [3.63, 3.8) is 0 Å². The first-order chi connectivity index (χ1) is 10.3. The van der Waals surface area contributed by atoms with Gasteiger partial charge in [0.05, 0.1) is 6.61 Å². The molecule has 0 aromatic heterocycles. The van der Waals surface area contributed by atoms with Crippen molar-refractivity contribution in [2.45, 2.75) is 32.6 Å². The lowest BCUT2D eigenvalue weighted by Gasteiger charge is -2.17. The molecule has 120 valence electrons. The van der Waals surface area contributed by atoms with Gasteiger partial charge in [0, 0.05) is 5.69 Å². The Balaban J connectivity index is 2.53. The molecule has 0 aliphatic heterocycles. The summed E-state index contributed by atoms with van der Waals surface area (Å²) in [5.74, 6) is -1.06. The van der Waals surface area contributed by atoms with Gasteiger partial charge in [-0.05, 0) is 31.5 Å². The first-order valence-corrected chi connectivity index (χ1v) is 6.60. The van der Waals surface area contributed by atoms with Gasteiger partial charge in [0.1, 0.15) is 6.04 Å². The van der Waals surface area contributed by atoms with Crippen LogP contribution >= 0.6 is 0 Å². The normalized spacial score (nSPS) is 12.9. The Kier molecular flexibility index (Phi) is 6.33. The summed E-state index contributed by atoms with van der Waals surface area (Å²) in [6.07, 6.45) is -2.15. The highest BCUT2D eigenvalue weighted by Gasteiger charge is 2.21. The molecule has 0 bridgehead atoms. The van der Waals surface area contributed by atoms with Gasteiger partial charge in [-0.25, -0.2) is 4.79 Å². The van der Waals surface area contributed by atoms with Crippen LogP contribution in [0.3, 0.4) is 0 Å². The van der Waals surface area contributed by atoms with E-state index in [4.69, 9.17) is 10.8 Å². The van der Waals surface area contributed by atoms with Crippen LogP contribution in [-0.2, 0) is 20.9 Å².